The summed E-state index contributed by atoms with van der Waals surface area (Å²) in [4.78, 5) is 18.8. The Balaban J connectivity index is 1.22. The monoisotopic (exact) mass is 376 g/mol. The van der Waals surface area contributed by atoms with E-state index in [1.807, 2.05) is 35.0 Å². The number of amides is 1. The van der Waals surface area contributed by atoms with Crippen LogP contribution in [0.2, 0.25) is 0 Å². The Morgan fingerprint density at radius 1 is 1.35 bits per heavy atom. The van der Waals surface area contributed by atoms with E-state index in [2.05, 4.69) is 4.98 Å². The Hall–Kier alpha value is -1.11. The van der Waals surface area contributed by atoms with Gasteiger partial charge in [0, 0.05) is 31.5 Å². The number of ether oxygens (including phenoxy) is 2. The lowest BCUT2D eigenvalue weighted by molar-refractivity contribution is -0.170. The van der Waals surface area contributed by atoms with Gasteiger partial charge in [-0.2, -0.15) is 11.8 Å². The first-order valence-corrected chi connectivity index (χ1v) is 10.9. The summed E-state index contributed by atoms with van der Waals surface area (Å²) in [6.07, 6.45) is 7.79. The highest BCUT2D eigenvalue weighted by molar-refractivity contribution is 7.99. The van der Waals surface area contributed by atoms with Gasteiger partial charge in [-0.05, 0) is 54.7 Å². The van der Waals surface area contributed by atoms with Gasteiger partial charge in [0.05, 0.1) is 19.7 Å². The highest BCUT2D eigenvalue weighted by Crippen LogP contribution is 2.42. The van der Waals surface area contributed by atoms with Crippen molar-refractivity contribution < 1.29 is 14.3 Å². The number of aromatic nitrogens is 1. The Morgan fingerprint density at radius 3 is 2.96 bits per heavy atom. The van der Waals surface area contributed by atoms with Crippen molar-refractivity contribution >= 4 is 17.7 Å². The zero-order valence-corrected chi connectivity index (χ0v) is 16.1. The van der Waals surface area contributed by atoms with Crippen LogP contribution < -0.4 is 0 Å². The number of likely N-dealkylation sites (tertiary alicyclic amines) is 1. The number of hydrogen-bond donors (Lipinski definition) is 0. The smallest absolute Gasteiger partial charge is 0.225 e. The topological polar surface area (TPSA) is 51.7 Å². The van der Waals surface area contributed by atoms with Crippen molar-refractivity contribution in [2.24, 2.45) is 11.8 Å². The molecule has 1 aromatic rings. The summed E-state index contributed by atoms with van der Waals surface area (Å²) in [7, 11) is 0. The third-order valence-electron chi connectivity index (χ3n) is 6.00. The van der Waals surface area contributed by atoms with Crippen molar-refractivity contribution in [2.75, 3.05) is 37.8 Å². The van der Waals surface area contributed by atoms with Crippen LogP contribution in [0.3, 0.4) is 0 Å². The van der Waals surface area contributed by atoms with Crippen molar-refractivity contribution in [3.63, 3.8) is 0 Å². The van der Waals surface area contributed by atoms with Crippen molar-refractivity contribution in [3.8, 4) is 0 Å². The molecule has 26 heavy (non-hydrogen) atoms. The van der Waals surface area contributed by atoms with Crippen LogP contribution in [0.15, 0.2) is 24.5 Å². The summed E-state index contributed by atoms with van der Waals surface area (Å²) < 4.78 is 11.9. The Morgan fingerprint density at radius 2 is 2.19 bits per heavy atom. The fourth-order valence-electron chi connectivity index (χ4n) is 4.40. The molecule has 3 saturated heterocycles. The molecule has 0 radical (unpaired) electrons. The Bertz CT molecular complexity index is 600. The molecule has 4 heterocycles. The van der Waals surface area contributed by atoms with Crippen LogP contribution >= 0.6 is 11.8 Å². The van der Waals surface area contributed by atoms with Crippen LogP contribution in [0.1, 0.15) is 31.2 Å². The molecule has 1 unspecified atom stereocenters. The van der Waals surface area contributed by atoms with Crippen LogP contribution in [-0.2, 0) is 20.9 Å². The maximum absolute atomic E-state index is 12.7. The van der Waals surface area contributed by atoms with Crippen LogP contribution in [0.5, 0.6) is 0 Å². The van der Waals surface area contributed by atoms with E-state index < -0.39 is 0 Å². The highest BCUT2D eigenvalue weighted by atomic mass is 32.2. The minimum atomic E-state index is -0.100. The molecule has 0 bridgehead atoms. The number of carbonyl (C=O) groups excluding carboxylic acids is 1. The number of thioether (sulfide) groups is 1. The Labute approximate surface area is 159 Å². The summed E-state index contributed by atoms with van der Waals surface area (Å²) >= 11 is 1.97. The second-order valence-electron chi connectivity index (χ2n) is 7.68. The second kappa shape index (κ2) is 8.28. The minimum absolute atomic E-state index is 0.100. The first-order valence-electron chi connectivity index (χ1n) is 9.74. The van der Waals surface area contributed by atoms with E-state index in [1.165, 1.54) is 0 Å². The van der Waals surface area contributed by atoms with Gasteiger partial charge in [-0.15, -0.1) is 0 Å². The molecule has 0 saturated carbocycles. The molecule has 3 fully saturated rings. The molecule has 6 heteroatoms. The first kappa shape index (κ1) is 18.3. The van der Waals surface area contributed by atoms with Crippen LogP contribution in [0.4, 0.5) is 0 Å². The maximum Gasteiger partial charge on any atom is 0.225 e. The summed E-state index contributed by atoms with van der Waals surface area (Å²) in [5.74, 6) is 3.36. The van der Waals surface area contributed by atoms with Crippen LogP contribution in [-0.4, -0.2) is 59.2 Å². The summed E-state index contributed by atoms with van der Waals surface area (Å²) in [6, 6.07) is 3.97. The molecule has 0 aliphatic carbocycles. The molecule has 5 nitrogen and oxygen atoms in total. The fraction of sp³-hybridized carbons (Fsp3) is 0.700. The van der Waals surface area contributed by atoms with E-state index in [1.54, 1.807) is 6.20 Å². The van der Waals surface area contributed by atoms with Gasteiger partial charge >= 0.3 is 0 Å². The molecular formula is C20H28N2O3S. The lowest BCUT2D eigenvalue weighted by atomic mass is 9.78. The van der Waals surface area contributed by atoms with Gasteiger partial charge in [-0.25, -0.2) is 0 Å². The molecule has 142 valence electrons. The standard InChI is InChI=1S/C20H28N2O3S/c23-19(17-5-10-26-11-6-17)22-14-20(15-22)18(4-9-25-20)3-8-24-13-16-2-1-7-21-12-16/h1-2,7,12,17-18H,3-6,8-11,13-15H2. The van der Waals surface area contributed by atoms with Gasteiger partial charge in [0.15, 0.2) is 0 Å². The molecule has 1 atom stereocenters. The van der Waals surface area contributed by atoms with E-state index >= 15 is 0 Å². The van der Waals surface area contributed by atoms with Crippen molar-refractivity contribution in [3.05, 3.63) is 30.1 Å². The zero-order valence-electron chi connectivity index (χ0n) is 15.3. The number of nitrogens with zero attached hydrogens (tertiary/aromatic N) is 2. The fourth-order valence-corrected chi connectivity index (χ4v) is 5.51. The van der Waals surface area contributed by atoms with E-state index in [-0.39, 0.29) is 11.5 Å². The number of carbonyl (C=O) groups is 1. The molecule has 0 N–H and O–H groups in total. The SMILES string of the molecule is O=C(C1CCSCC1)N1CC2(C1)OCCC2CCOCc1cccnc1. The molecule has 1 amide bonds. The number of pyridine rings is 1. The third-order valence-corrected chi connectivity index (χ3v) is 7.05. The lowest BCUT2D eigenvalue weighted by Crippen LogP contribution is -2.67. The van der Waals surface area contributed by atoms with Crippen LogP contribution in [0, 0.1) is 11.8 Å². The van der Waals surface area contributed by atoms with E-state index in [0.29, 0.717) is 18.4 Å². The normalized spacial score (nSPS) is 25.4. The van der Waals surface area contributed by atoms with Crippen molar-refractivity contribution in [2.45, 2.75) is 37.9 Å². The minimum Gasteiger partial charge on any atom is -0.377 e. The quantitative estimate of drug-likeness (QED) is 0.715. The largest absolute Gasteiger partial charge is 0.377 e. The summed E-state index contributed by atoms with van der Waals surface area (Å²) in [5, 5.41) is 0. The average molecular weight is 377 g/mol. The van der Waals surface area contributed by atoms with Gasteiger partial charge in [0.1, 0.15) is 5.60 Å². The van der Waals surface area contributed by atoms with Crippen LogP contribution in [0.25, 0.3) is 0 Å². The van der Waals surface area contributed by atoms with Gasteiger partial charge < -0.3 is 14.4 Å². The summed E-state index contributed by atoms with van der Waals surface area (Å²) in [6.45, 7) is 3.72. The molecule has 4 rings (SSSR count). The highest BCUT2D eigenvalue weighted by Gasteiger charge is 2.54. The zero-order chi connectivity index (χ0) is 17.8. The predicted molar refractivity (Wildman–Crippen MR) is 102 cm³/mol. The van der Waals surface area contributed by atoms with Gasteiger partial charge in [0.25, 0.3) is 0 Å². The third kappa shape index (κ3) is 3.92. The molecule has 0 aromatic carbocycles. The van der Waals surface area contributed by atoms with Crippen molar-refractivity contribution in [1.29, 1.82) is 0 Å². The van der Waals surface area contributed by atoms with Gasteiger partial charge in [-0.3, -0.25) is 9.78 Å². The predicted octanol–water partition coefficient (Wildman–Crippen LogP) is 2.75. The van der Waals surface area contributed by atoms with Gasteiger partial charge in [-0.1, -0.05) is 6.07 Å². The number of hydrogen-bond acceptors (Lipinski definition) is 5. The Kier molecular flexibility index (Phi) is 5.81. The maximum atomic E-state index is 12.7. The van der Waals surface area contributed by atoms with E-state index in [4.69, 9.17) is 9.47 Å². The van der Waals surface area contributed by atoms with Crippen molar-refractivity contribution in [1.82, 2.24) is 9.88 Å². The molecule has 3 aliphatic rings. The molecular weight excluding hydrogens is 348 g/mol. The average Bonchev–Trinajstić information content (AvgIpc) is 3.09. The molecule has 3 aliphatic heterocycles. The van der Waals surface area contributed by atoms with E-state index in [9.17, 15) is 4.79 Å². The second-order valence-corrected chi connectivity index (χ2v) is 8.91. The summed E-state index contributed by atoms with van der Waals surface area (Å²) in [5.41, 5.74) is 1.01. The number of rotatable bonds is 6. The lowest BCUT2D eigenvalue weighted by Gasteiger charge is -2.51. The van der Waals surface area contributed by atoms with Gasteiger partial charge in [0.2, 0.25) is 5.91 Å². The molecule has 1 aromatic heterocycles. The first-order chi connectivity index (χ1) is 12.8. The van der Waals surface area contributed by atoms with E-state index in [0.717, 1.165) is 69.1 Å². The molecule has 1 spiro atoms.